The molecule has 2 rings (SSSR count). The molecule has 124 valence electrons. The summed E-state index contributed by atoms with van der Waals surface area (Å²) in [6, 6.07) is -0.0111. The van der Waals surface area contributed by atoms with E-state index in [0.717, 1.165) is 4.31 Å². The summed E-state index contributed by atoms with van der Waals surface area (Å²) in [4.78, 5) is -1.56. The first kappa shape index (κ1) is 17.2. The highest BCUT2D eigenvalue weighted by molar-refractivity contribution is 7.89. The monoisotopic (exact) mass is 340 g/mol. The largest absolute Gasteiger partial charge is 0.319 e. The van der Waals surface area contributed by atoms with Gasteiger partial charge in [-0.05, 0) is 32.4 Å². The van der Waals surface area contributed by atoms with Gasteiger partial charge in [-0.25, -0.2) is 26.0 Å². The van der Waals surface area contributed by atoms with Crippen molar-refractivity contribution in [1.82, 2.24) is 9.62 Å². The van der Waals surface area contributed by atoms with Crippen LogP contribution in [0.3, 0.4) is 0 Å². The third-order valence-corrected chi connectivity index (χ3v) is 5.66. The number of halogens is 4. The van der Waals surface area contributed by atoms with Crippen molar-refractivity contribution in [3.05, 3.63) is 29.3 Å². The second-order valence-electron chi connectivity index (χ2n) is 5.20. The van der Waals surface area contributed by atoms with Gasteiger partial charge in [0.15, 0.2) is 28.2 Å². The third-order valence-electron chi connectivity index (χ3n) is 3.74. The highest BCUT2D eigenvalue weighted by Crippen LogP contribution is 2.29. The number of piperidine rings is 1. The average Bonchev–Trinajstić information content (AvgIpc) is 2.46. The summed E-state index contributed by atoms with van der Waals surface area (Å²) in [5.74, 6) is -7.01. The predicted octanol–water partition coefficient (Wildman–Crippen LogP) is 1.86. The van der Waals surface area contributed by atoms with Crippen molar-refractivity contribution in [3.63, 3.8) is 0 Å². The van der Waals surface area contributed by atoms with E-state index >= 15 is 0 Å². The average molecular weight is 340 g/mol. The normalized spacial score (nSPS) is 17.9. The maximum Gasteiger partial charge on any atom is 0.249 e. The SMILES string of the molecule is CNCC1CCN(S(=O)(=O)c2c(F)c(F)cc(F)c2F)CC1. The molecule has 0 bridgehead atoms. The maximum atomic E-state index is 13.7. The molecule has 1 N–H and O–H groups in total. The number of benzene rings is 1. The molecule has 0 amide bonds. The smallest absolute Gasteiger partial charge is 0.249 e. The van der Waals surface area contributed by atoms with Crippen molar-refractivity contribution in [2.45, 2.75) is 17.7 Å². The molecule has 0 saturated carbocycles. The van der Waals surface area contributed by atoms with Crippen molar-refractivity contribution in [3.8, 4) is 0 Å². The number of rotatable bonds is 4. The molecule has 1 aromatic carbocycles. The Morgan fingerprint density at radius 1 is 1.14 bits per heavy atom. The molecule has 1 saturated heterocycles. The zero-order valence-electron chi connectivity index (χ0n) is 11.9. The van der Waals surface area contributed by atoms with Crippen LogP contribution < -0.4 is 5.32 Å². The van der Waals surface area contributed by atoms with Crippen LogP contribution in [-0.4, -0.2) is 39.4 Å². The van der Waals surface area contributed by atoms with E-state index < -0.39 is 38.2 Å². The second-order valence-corrected chi connectivity index (χ2v) is 7.08. The quantitative estimate of drug-likeness (QED) is 0.672. The Kier molecular flexibility index (Phi) is 5.08. The fourth-order valence-corrected chi connectivity index (χ4v) is 4.15. The molecule has 9 heteroatoms. The van der Waals surface area contributed by atoms with Gasteiger partial charge < -0.3 is 5.32 Å². The van der Waals surface area contributed by atoms with Crippen LogP contribution in [0.2, 0.25) is 0 Å². The molecule has 0 aliphatic carbocycles. The predicted molar refractivity (Wildman–Crippen MR) is 71.7 cm³/mol. The van der Waals surface area contributed by atoms with E-state index in [2.05, 4.69) is 5.32 Å². The Morgan fingerprint density at radius 2 is 1.64 bits per heavy atom. The van der Waals surface area contributed by atoms with Gasteiger partial charge in [0.1, 0.15) is 0 Å². The van der Waals surface area contributed by atoms with Crippen LogP contribution in [0.15, 0.2) is 11.0 Å². The van der Waals surface area contributed by atoms with Crippen molar-refractivity contribution in [1.29, 1.82) is 0 Å². The molecule has 1 aliphatic heterocycles. The number of hydrogen-bond acceptors (Lipinski definition) is 3. The van der Waals surface area contributed by atoms with Gasteiger partial charge in [0, 0.05) is 19.2 Å². The van der Waals surface area contributed by atoms with Gasteiger partial charge in [0.2, 0.25) is 10.0 Å². The van der Waals surface area contributed by atoms with Gasteiger partial charge in [-0.3, -0.25) is 0 Å². The number of sulfonamides is 1. The van der Waals surface area contributed by atoms with E-state index in [4.69, 9.17) is 0 Å². The fourth-order valence-electron chi connectivity index (χ4n) is 2.55. The molecule has 4 nitrogen and oxygen atoms in total. The minimum absolute atomic E-state index is 0.0111. The first-order chi connectivity index (χ1) is 10.3. The summed E-state index contributed by atoms with van der Waals surface area (Å²) in [6.07, 6.45) is 1.00. The number of nitrogens with zero attached hydrogens (tertiary/aromatic N) is 1. The number of nitrogens with one attached hydrogen (secondary N) is 1. The van der Waals surface area contributed by atoms with Gasteiger partial charge in [-0.2, -0.15) is 4.31 Å². The zero-order chi connectivity index (χ0) is 16.5. The van der Waals surface area contributed by atoms with Crippen LogP contribution in [0.5, 0.6) is 0 Å². The van der Waals surface area contributed by atoms with E-state index in [9.17, 15) is 26.0 Å². The maximum absolute atomic E-state index is 13.7. The van der Waals surface area contributed by atoms with Crippen molar-refractivity contribution in [2.24, 2.45) is 5.92 Å². The molecule has 1 aromatic rings. The van der Waals surface area contributed by atoms with E-state index in [1.807, 2.05) is 0 Å². The third kappa shape index (κ3) is 3.11. The lowest BCUT2D eigenvalue weighted by atomic mass is 9.98. The van der Waals surface area contributed by atoms with Crippen molar-refractivity contribution < 1.29 is 26.0 Å². The Balaban J connectivity index is 2.33. The first-order valence-corrected chi connectivity index (χ1v) is 8.20. The van der Waals surface area contributed by atoms with Crippen LogP contribution in [0.4, 0.5) is 17.6 Å². The van der Waals surface area contributed by atoms with Gasteiger partial charge in [-0.1, -0.05) is 0 Å². The second kappa shape index (κ2) is 6.51. The number of hydrogen-bond donors (Lipinski definition) is 1. The lowest BCUT2D eigenvalue weighted by Crippen LogP contribution is -2.41. The molecule has 1 aliphatic rings. The van der Waals surface area contributed by atoms with Crippen molar-refractivity contribution >= 4 is 10.0 Å². The summed E-state index contributed by atoms with van der Waals surface area (Å²) in [7, 11) is -2.86. The highest BCUT2D eigenvalue weighted by atomic mass is 32.2. The molecule has 0 aromatic heterocycles. The molecular formula is C13H16F4N2O2S. The minimum atomic E-state index is -4.62. The topological polar surface area (TPSA) is 49.4 Å². The van der Waals surface area contributed by atoms with Gasteiger partial charge >= 0.3 is 0 Å². The van der Waals surface area contributed by atoms with E-state index in [1.54, 1.807) is 7.05 Å². The van der Waals surface area contributed by atoms with Gasteiger partial charge in [-0.15, -0.1) is 0 Å². The Morgan fingerprint density at radius 3 is 2.09 bits per heavy atom. The molecule has 1 fully saturated rings. The molecule has 1 heterocycles. The fraction of sp³-hybridized carbons (Fsp3) is 0.538. The molecule has 0 radical (unpaired) electrons. The Bertz CT molecular complexity index is 632. The van der Waals surface area contributed by atoms with Crippen LogP contribution in [0.1, 0.15) is 12.8 Å². The van der Waals surface area contributed by atoms with E-state index in [0.29, 0.717) is 19.4 Å². The Hall–Kier alpha value is -1.19. The summed E-state index contributed by atoms with van der Waals surface area (Å²) in [5, 5.41) is 2.97. The first-order valence-electron chi connectivity index (χ1n) is 6.76. The van der Waals surface area contributed by atoms with E-state index in [-0.39, 0.29) is 25.1 Å². The standard InChI is InChI=1S/C13H16F4N2O2S/c1-18-7-8-2-4-19(5-3-8)22(20,21)13-11(16)9(14)6-10(15)12(13)17/h6,8,18H,2-5,7H2,1H3. The van der Waals surface area contributed by atoms with Crippen LogP contribution in [-0.2, 0) is 10.0 Å². The molecule has 0 unspecified atom stereocenters. The van der Waals surface area contributed by atoms with Crippen LogP contribution in [0.25, 0.3) is 0 Å². The minimum Gasteiger partial charge on any atom is -0.319 e. The summed E-state index contributed by atoms with van der Waals surface area (Å²) >= 11 is 0. The van der Waals surface area contributed by atoms with Crippen LogP contribution in [0, 0.1) is 29.2 Å². The van der Waals surface area contributed by atoms with E-state index in [1.165, 1.54) is 0 Å². The Labute approximate surface area is 126 Å². The summed E-state index contributed by atoms with van der Waals surface area (Å²) < 4.78 is 79.3. The lowest BCUT2D eigenvalue weighted by Gasteiger charge is -2.31. The van der Waals surface area contributed by atoms with Gasteiger partial charge in [0.05, 0.1) is 0 Å². The molecule has 22 heavy (non-hydrogen) atoms. The summed E-state index contributed by atoms with van der Waals surface area (Å²) in [5.41, 5.74) is 0. The molecule has 0 spiro atoms. The van der Waals surface area contributed by atoms with Crippen molar-refractivity contribution in [2.75, 3.05) is 26.7 Å². The summed E-state index contributed by atoms with van der Waals surface area (Å²) in [6.45, 7) is 0.794. The lowest BCUT2D eigenvalue weighted by molar-refractivity contribution is 0.268. The molecular weight excluding hydrogens is 324 g/mol. The van der Waals surface area contributed by atoms with Gasteiger partial charge in [0.25, 0.3) is 0 Å². The highest BCUT2D eigenvalue weighted by Gasteiger charge is 2.36. The van der Waals surface area contributed by atoms with Crippen LogP contribution >= 0.6 is 0 Å². The molecule has 0 atom stereocenters. The zero-order valence-corrected chi connectivity index (χ0v) is 12.7.